The summed E-state index contributed by atoms with van der Waals surface area (Å²) in [6.07, 6.45) is 4.58. The molecule has 0 bridgehead atoms. The molecule has 1 aliphatic rings. The zero-order valence-corrected chi connectivity index (χ0v) is 14.7. The van der Waals surface area contributed by atoms with E-state index in [0.29, 0.717) is 22.6 Å². The van der Waals surface area contributed by atoms with Gasteiger partial charge in [-0.15, -0.1) is 12.4 Å². The summed E-state index contributed by atoms with van der Waals surface area (Å²) >= 11 is 0. The number of anilines is 1. The molecule has 6 nitrogen and oxygen atoms in total. The van der Waals surface area contributed by atoms with Crippen molar-refractivity contribution in [3.63, 3.8) is 0 Å². The van der Waals surface area contributed by atoms with Crippen LogP contribution < -0.4 is 11.1 Å². The second-order valence-electron chi connectivity index (χ2n) is 5.86. The first-order chi connectivity index (χ1) is 11.7. The number of halogens is 1. The van der Waals surface area contributed by atoms with Gasteiger partial charge in [0, 0.05) is 13.1 Å². The van der Waals surface area contributed by atoms with Crippen molar-refractivity contribution in [2.75, 3.05) is 18.4 Å². The van der Waals surface area contributed by atoms with Crippen molar-refractivity contribution in [3.8, 4) is 0 Å². The Balaban J connectivity index is 0.00000225. The number of para-hydroxylation sites is 1. The number of nitrogens with two attached hydrogens (primary N) is 1. The third kappa shape index (κ3) is 4.41. The smallest absolute Gasteiger partial charge is 0.258 e. The highest BCUT2D eigenvalue weighted by Gasteiger charge is 2.21. The van der Waals surface area contributed by atoms with Gasteiger partial charge in [0.25, 0.3) is 11.8 Å². The molecule has 0 spiro atoms. The lowest BCUT2D eigenvalue weighted by atomic mass is 10.1. The van der Waals surface area contributed by atoms with Crippen LogP contribution in [-0.4, -0.2) is 29.8 Å². The van der Waals surface area contributed by atoms with Crippen LogP contribution in [0.3, 0.4) is 0 Å². The largest absolute Gasteiger partial charge is 0.467 e. The van der Waals surface area contributed by atoms with Crippen LogP contribution in [0.25, 0.3) is 0 Å². The van der Waals surface area contributed by atoms with Gasteiger partial charge in [-0.2, -0.15) is 0 Å². The maximum absolute atomic E-state index is 12.7. The predicted octanol–water partition coefficient (Wildman–Crippen LogP) is 3.04. The molecule has 0 radical (unpaired) electrons. The minimum absolute atomic E-state index is 0. The molecule has 25 heavy (non-hydrogen) atoms. The number of amides is 2. The summed E-state index contributed by atoms with van der Waals surface area (Å²) in [6.45, 7) is 1.77. The number of nitrogens with one attached hydrogen (secondary N) is 1. The van der Waals surface area contributed by atoms with E-state index in [0.717, 1.165) is 32.4 Å². The first-order valence-electron chi connectivity index (χ1n) is 8.16. The van der Waals surface area contributed by atoms with E-state index >= 15 is 0 Å². The van der Waals surface area contributed by atoms with Gasteiger partial charge in [-0.3, -0.25) is 9.59 Å². The van der Waals surface area contributed by atoms with Crippen molar-refractivity contribution < 1.29 is 14.0 Å². The molecule has 3 rings (SSSR count). The van der Waals surface area contributed by atoms with Crippen molar-refractivity contribution in [1.82, 2.24) is 4.90 Å². The van der Waals surface area contributed by atoms with E-state index in [4.69, 9.17) is 10.2 Å². The van der Waals surface area contributed by atoms with Crippen molar-refractivity contribution in [2.24, 2.45) is 5.73 Å². The second-order valence-corrected chi connectivity index (χ2v) is 5.86. The maximum atomic E-state index is 12.7. The fourth-order valence-electron chi connectivity index (χ4n) is 2.85. The van der Waals surface area contributed by atoms with Crippen LogP contribution in [0.15, 0.2) is 41.0 Å². The van der Waals surface area contributed by atoms with Gasteiger partial charge in [-0.25, -0.2) is 0 Å². The number of rotatable bonds is 4. The Hall–Kier alpha value is -2.31. The van der Waals surface area contributed by atoms with E-state index in [1.165, 1.54) is 6.26 Å². The topological polar surface area (TPSA) is 88.6 Å². The normalized spacial score (nSPS) is 13.9. The van der Waals surface area contributed by atoms with Crippen LogP contribution in [-0.2, 0) is 6.54 Å². The quantitative estimate of drug-likeness (QED) is 0.873. The molecule has 2 heterocycles. The lowest BCUT2D eigenvalue weighted by Gasteiger charge is -2.27. The molecule has 1 saturated heterocycles. The maximum Gasteiger partial charge on any atom is 0.258 e. The Morgan fingerprint density at radius 2 is 1.88 bits per heavy atom. The summed E-state index contributed by atoms with van der Waals surface area (Å²) in [5, 5.41) is 2.80. The fraction of sp³-hybridized carbons (Fsp3) is 0.333. The molecule has 2 amide bonds. The zero-order valence-electron chi connectivity index (χ0n) is 13.9. The van der Waals surface area contributed by atoms with E-state index in [-0.39, 0.29) is 30.8 Å². The van der Waals surface area contributed by atoms with Gasteiger partial charge in [0.05, 0.1) is 23.4 Å². The summed E-state index contributed by atoms with van der Waals surface area (Å²) in [6, 6.07) is 8.68. The molecule has 3 N–H and O–H groups in total. The lowest BCUT2D eigenvalue weighted by molar-refractivity contribution is 0.0725. The van der Waals surface area contributed by atoms with Gasteiger partial charge in [0.2, 0.25) is 0 Å². The molecule has 0 aliphatic carbocycles. The highest BCUT2D eigenvalue weighted by atomic mass is 35.5. The summed E-state index contributed by atoms with van der Waals surface area (Å²) in [7, 11) is 0. The first-order valence-corrected chi connectivity index (χ1v) is 8.16. The third-order valence-corrected chi connectivity index (χ3v) is 4.17. The Kier molecular flexibility index (Phi) is 6.61. The summed E-state index contributed by atoms with van der Waals surface area (Å²) in [5.74, 6) is 0.176. The van der Waals surface area contributed by atoms with Crippen LogP contribution in [0.2, 0.25) is 0 Å². The molecule has 0 saturated carbocycles. The van der Waals surface area contributed by atoms with Crippen LogP contribution >= 0.6 is 12.4 Å². The minimum atomic E-state index is -0.322. The van der Waals surface area contributed by atoms with E-state index in [9.17, 15) is 9.59 Å². The average Bonchev–Trinajstić information content (AvgIpc) is 3.12. The highest BCUT2D eigenvalue weighted by molar-refractivity contribution is 6.08. The molecule has 1 aliphatic heterocycles. The molecular weight excluding hydrogens is 342 g/mol. The molecule has 0 unspecified atom stereocenters. The van der Waals surface area contributed by atoms with E-state index < -0.39 is 0 Å². The highest BCUT2D eigenvalue weighted by Crippen LogP contribution is 2.21. The van der Waals surface area contributed by atoms with E-state index in [1.54, 1.807) is 30.3 Å². The van der Waals surface area contributed by atoms with Crippen LogP contribution in [0.1, 0.15) is 45.7 Å². The van der Waals surface area contributed by atoms with Crippen LogP contribution in [0, 0.1) is 0 Å². The Morgan fingerprint density at radius 1 is 1.16 bits per heavy atom. The summed E-state index contributed by atoms with van der Waals surface area (Å²) in [5.41, 5.74) is 6.89. The van der Waals surface area contributed by atoms with Gasteiger partial charge < -0.3 is 20.4 Å². The van der Waals surface area contributed by atoms with Crippen LogP contribution in [0.4, 0.5) is 5.69 Å². The Morgan fingerprint density at radius 3 is 2.56 bits per heavy atom. The molecule has 1 aromatic heterocycles. The van der Waals surface area contributed by atoms with E-state index in [2.05, 4.69) is 5.32 Å². The SMILES string of the molecule is Cl.NCc1cc(C(=O)Nc2ccccc2C(=O)N2CCCCC2)co1. The van der Waals surface area contributed by atoms with Gasteiger partial charge in [-0.1, -0.05) is 12.1 Å². The third-order valence-electron chi connectivity index (χ3n) is 4.17. The fourth-order valence-corrected chi connectivity index (χ4v) is 2.85. The zero-order chi connectivity index (χ0) is 16.9. The van der Waals surface area contributed by atoms with Crippen molar-refractivity contribution >= 4 is 29.9 Å². The molecule has 134 valence electrons. The summed E-state index contributed by atoms with van der Waals surface area (Å²) in [4.78, 5) is 26.9. The number of hydrogen-bond donors (Lipinski definition) is 2. The molecular formula is C18H22ClN3O3. The number of hydrogen-bond acceptors (Lipinski definition) is 4. The minimum Gasteiger partial charge on any atom is -0.467 e. The number of piperidine rings is 1. The van der Waals surface area contributed by atoms with Gasteiger partial charge in [-0.05, 0) is 37.5 Å². The number of nitrogens with zero attached hydrogens (tertiary/aromatic N) is 1. The van der Waals surface area contributed by atoms with E-state index in [1.807, 2.05) is 4.90 Å². The van der Waals surface area contributed by atoms with Crippen molar-refractivity contribution in [2.45, 2.75) is 25.8 Å². The monoisotopic (exact) mass is 363 g/mol. The van der Waals surface area contributed by atoms with Gasteiger partial charge in [0.15, 0.2) is 0 Å². The first kappa shape index (κ1) is 19.0. The molecule has 7 heteroatoms. The lowest BCUT2D eigenvalue weighted by Crippen LogP contribution is -2.36. The molecule has 2 aromatic rings. The van der Waals surface area contributed by atoms with Crippen molar-refractivity contribution in [3.05, 3.63) is 53.5 Å². The van der Waals surface area contributed by atoms with Gasteiger partial charge >= 0.3 is 0 Å². The number of carbonyl (C=O) groups excluding carboxylic acids is 2. The van der Waals surface area contributed by atoms with Crippen molar-refractivity contribution in [1.29, 1.82) is 0 Å². The number of carbonyl (C=O) groups is 2. The Bertz CT molecular complexity index is 739. The standard InChI is InChI=1S/C18H21N3O3.ClH/c19-11-14-10-13(12-24-14)17(22)20-16-7-3-2-6-15(16)18(23)21-8-4-1-5-9-21;/h2-3,6-7,10,12H,1,4-5,8-9,11,19H2,(H,20,22);1H. The number of benzene rings is 1. The molecule has 0 atom stereocenters. The average molecular weight is 364 g/mol. The molecule has 1 aromatic carbocycles. The van der Waals surface area contributed by atoms with Gasteiger partial charge in [0.1, 0.15) is 12.0 Å². The number of likely N-dealkylation sites (tertiary alicyclic amines) is 1. The second kappa shape index (κ2) is 8.69. The Labute approximate surface area is 152 Å². The van der Waals surface area contributed by atoms with Crippen LogP contribution in [0.5, 0.6) is 0 Å². The molecule has 1 fully saturated rings. The predicted molar refractivity (Wildman–Crippen MR) is 98.0 cm³/mol. The summed E-state index contributed by atoms with van der Waals surface area (Å²) < 4.78 is 5.18. The number of furan rings is 1.